The molecule has 156 valence electrons. The Labute approximate surface area is 169 Å². The van der Waals surface area contributed by atoms with Crippen molar-refractivity contribution in [3.63, 3.8) is 0 Å². The molecule has 0 bridgehead atoms. The number of nitrogens with zero attached hydrogens (tertiary/aromatic N) is 2. The first-order chi connectivity index (χ1) is 13.7. The molecule has 0 aromatic carbocycles. The topological polar surface area (TPSA) is 67.8 Å². The van der Waals surface area contributed by atoms with Gasteiger partial charge < -0.3 is 20.1 Å². The second kappa shape index (κ2) is 10.6. The fourth-order valence-electron chi connectivity index (χ4n) is 4.04. The first-order valence-corrected chi connectivity index (χ1v) is 10.9. The van der Waals surface area contributed by atoms with E-state index in [9.17, 15) is 0 Å². The van der Waals surface area contributed by atoms with E-state index in [1.807, 2.05) is 12.3 Å². The molecule has 1 aromatic rings. The van der Waals surface area contributed by atoms with E-state index in [0.717, 1.165) is 56.4 Å². The molecular formula is C22H36N4O2. The Morgan fingerprint density at radius 2 is 2.04 bits per heavy atom. The Kier molecular flexibility index (Phi) is 7.95. The van der Waals surface area contributed by atoms with Gasteiger partial charge in [0, 0.05) is 39.1 Å². The zero-order valence-corrected chi connectivity index (χ0v) is 17.5. The minimum Gasteiger partial charge on any atom is -0.474 e. The molecule has 0 atom stereocenters. The van der Waals surface area contributed by atoms with Gasteiger partial charge in [-0.1, -0.05) is 12.5 Å². The molecule has 2 aliphatic carbocycles. The molecule has 0 amide bonds. The van der Waals surface area contributed by atoms with Crippen molar-refractivity contribution in [1.29, 1.82) is 0 Å². The highest BCUT2D eigenvalue weighted by molar-refractivity contribution is 5.79. The predicted molar refractivity (Wildman–Crippen MR) is 113 cm³/mol. The van der Waals surface area contributed by atoms with E-state index in [1.54, 1.807) is 7.11 Å². The van der Waals surface area contributed by atoms with Gasteiger partial charge in [-0.15, -0.1) is 0 Å². The van der Waals surface area contributed by atoms with Crippen LogP contribution in [0.1, 0.15) is 63.9 Å². The average Bonchev–Trinajstić information content (AvgIpc) is 3.19. The highest BCUT2D eigenvalue weighted by Gasteiger charge is 2.36. The Morgan fingerprint density at radius 3 is 2.64 bits per heavy atom. The summed E-state index contributed by atoms with van der Waals surface area (Å²) in [5.41, 5.74) is 1.46. The molecule has 0 saturated heterocycles. The number of guanidine groups is 1. The van der Waals surface area contributed by atoms with Crippen LogP contribution in [-0.4, -0.2) is 43.9 Å². The molecule has 3 rings (SSSR count). The molecule has 2 aliphatic rings. The summed E-state index contributed by atoms with van der Waals surface area (Å²) in [4.78, 5) is 9.20. The Balaban J connectivity index is 1.50. The molecule has 0 spiro atoms. The lowest BCUT2D eigenvalue weighted by atomic mass is 9.67. The van der Waals surface area contributed by atoms with Crippen LogP contribution in [0.2, 0.25) is 0 Å². The third kappa shape index (κ3) is 6.09. The summed E-state index contributed by atoms with van der Waals surface area (Å²) in [6.07, 6.45) is 12.0. The molecule has 0 aliphatic heterocycles. The smallest absolute Gasteiger partial charge is 0.213 e. The maximum atomic E-state index is 5.94. The molecule has 6 nitrogen and oxygen atoms in total. The lowest BCUT2D eigenvalue weighted by Gasteiger charge is -2.42. The van der Waals surface area contributed by atoms with E-state index in [0.29, 0.717) is 18.1 Å². The molecule has 28 heavy (non-hydrogen) atoms. The molecule has 2 saturated carbocycles. The average molecular weight is 389 g/mol. The van der Waals surface area contributed by atoms with Crippen LogP contribution < -0.4 is 15.4 Å². The number of nitrogens with one attached hydrogen (secondary N) is 2. The van der Waals surface area contributed by atoms with Crippen LogP contribution >= 0.6 is 0 Å². The summed E-state index contributed by atoms with van der Waals surface area (Å²) in [5.74, 6) is 1.60. The van der Waals surface area contributed by atoms with Gasteiger partial charge in [0.15, 0.2) is 5.96 Å². The summed E-state index contributed by atoms with van der Waals surface area (Å²) in [7, 11) is 1.78. The number of pyridine rings is 1. The molecule has 1 aromatic heterocycles. The van der Waals surface area contributed by atoms with Gasteiger partial charge in [-0.25, -0.2) is 9.98 Å². The number of ether oxygens (including phenoxy) is 2. The van der Waals surface area contributed by atoms with E-state index in [4.69, 9.17) is 14.5 Å². The minimum absolute atomic E-state index is 0.345. The molecule has 6 heteroatoms. The predicted octanol–water partition coefficient (Wildman–Crippen LogP) is 3.66. The van der Waals surface area contributed by atoms with Crippen LogP contribution in [-0.2, 0) is 11.3 Å². The first-order valence-electron chi connectivity index (χ1n) is 10.9. The van der Waals surface area contributed by atoms with Crippen LogP contribution in [0.15, 0.2) is 23.3 Å². The molecule has 1 heterocycles. The van der Waals surface area contributed by atoms with Crippen molar-refractivity contribution in [2.24, 2.45) is 10.4 Å². The van der Waals surface area contributed by atoms with Crippen molar-refractivity contribution in [3.8, 4) is 5.88 Å². The number of rotatable bonds is 10. The van der Waals surface area contributed by atoms with Crippen LogP contribution in [0.25, 0.3) is 0 Å². The first kappa shape index (κ1) is 20.9. The fraction of sp³-hybridized carbons (Fsp3) is 0.727. The SMILES string of the molecule is CCNC(=NCc1ccc(OC2CCCC2)nc1)NCC1(CCOC)CCC1. The van der Waals surface area contributed by atoms with E-state index in [2.05, 4.69) is 28.6 Å². The second-order valence-corrected chi connectivity index (χ2v) is 8.17. The van der Waals surface area contributed by atoms with Gasteiger partial charge in [0.2, 0.25) is 5.88 Å². The third-order valence-electron chi connectivity index (χ3n) is 6.03. The van der Waals surface area contributed by atoms with Gasteiger partial charge >= 0.3 is 0 Å². The van der Waals surface area contributed by atoms with Crippen LogP contribution in [0.5, 0.6) is 5.88 Å². The largest absolute Gasteiger partial charge is 0.474 e. The minimum atomic E-state index is 0.345. The summed E-state index contributed by atoms with van der Waals surface area (Å²) in [5, 5.41) is 6.89. The normalized spacial score (nSPS) is 19.3. The summed E-state index contributed by atoms with van der Waals surface area (Å²) < 4.78 is 11.2. The molecule has 0 unspecified atom stereocenters. The van der Waals surface area contributed by atoms with Crippen molar-refractivity contribution in [2.45, 2.75) is 70.9 Å². The zero-order valence-electron chi connectivity index (χ0n) is 17.5. The van der Waals surface area contributed by atoms with E-state index >= 15 is 0 Å². The lowest BCUT2D eigenvalue weighted by Crippen LogP contribution is -2.46. The Hall–Kier alpha value is -1.82. The number of aliphatic imine (C=N–C) groups is 1. The highest BCUT2D eigenvalue weighted by atomic mass is 16.5. The Bertz CT molecular complexity index is 607. The van der Waals surface area contributed by atoms with E-state index in [1.165, 1.54) is 32.1 Å². The van der Waals surface area contributed by atoms with Crippen molar-refractivity contribution < 1.29 is 9.47 Å². The number of aromatic nitrogens is 1. The van der Waals surface area contributed by atoms with Crippen molar-refractivity contribution >= 4 is 5.96 Å². The monoisotopic (exact) mass is 388 g/mol. The van der Waals surface area contributed by atoms with Gasteiger partial charge in [0.05, 0.1) is 6.54 Å². The summed E-state index contributed by atoms with van der Waals surface area (Å²) >= 11 is 0. The van der Waals surface area contributed by atoms with Gasteiger partial charge in [0.1, 0.15) is 6.10 Å². The van der Waals surface area contributed by atoms with Crippen LogP contribution in [0, 0.1) is 5.41 Å². The number of hydrogen-bond acceptors (Lipinski definition) is 4. The quantitative estimate of drug-likeness (QED) is 0.473. The molecule has 2 fully saturated rings. The summed E-state index contributed by atoms with van der Waals surface area (Å²) in [6.45, 7) is 5.34. The molecular weight excluding hydrogens is 352 g/mol. The third-order valence-corrected chi connectivity index (χ3v) is 6.03. The zero-order chi connectivity index (χ0) is 19.7. The van der Waals surface area contributed by atoms with Crippen LogP contribution in [0.3, 0.4) is 0 Å². The fourth-order valence-corrected chi connectivity index (χ4v) is 4.04. The van der Waals surface area contributed by atoms with Crippen molar-refractivity contribution in [3.05, 3.63) is 23.9 Å². The maximum absolute atomic E-state index is 5.94. The highest BCUT2D eigenvalue weighted by Crippen LogP contribution is 2.43. The van der Waals surface area contributed by atoms with Gasteiger partial charge in [0.25, 0.3) is 0 Å². The standard InChI is InChI=1S/C22H36N4O2/c1-3-23-21(26-17-22(11-6-12-22)13-14-27-2)25-16-18-9-10-20(24-15-18)28-19-7-4-5-8-19/h9-10,15,19H,3-8,11-14,16-17H2,1-2H3,(H2,23,25,26). The Morgan fingerprint density at radius 1 is 1.21 bits per heavy atom. The van der Waals surface area contributed by atoms with Gasteiger partial charge in [-0.05, 0) is 62.8 Å². The number of methoxy groups -OCH3 is 1. The van der Waals surface area contributed by atoms with Crippen molar-refractivity contribution in [1.82, 2.24) is 15.6 Å². The van der Waals surface area contributed by atoms with Crippen LogP contribution in [0.4, 0.5) is 0 Å². The summed E-state index contributed by atoms with van der Waals surface area (Å²) in [6, 6.07) is 4.04. The van der Waals surface area contributed by atoms with Gasteiger partial charge in [-0.3, -0.25) is 0 Å². The molecule has 2 N–H and O–H groups in total. The van der Waals surface area contributed by atoms with Gasteiger partial charge in [-0.2, -0.15) is 0 Å². The van der Waals surface area contributed by atoms with E-state index in [-0.39, 0.29) is 0 Å². The van der Waals surface area contributed by atoms with Crippen molar-refractivity contribution in [2.75, 3.05) is 26.8 Å². The maximum Gasteiger partial charge on any atom is 0.213 e. The van der Waals surface area contributed by atoms with E-state index < -0.39 is 0 Å². The second-order valence-electron chi connectivity index (χ2n) is 8.17. The molecule has 0 radical (unpaired) electrons. The lowest BCUT2D eigenvalue weighted by molar-refractivity contribution is 0.0732. The number of hydrogen-bond donors (Lipinski definition) is 2.